The standard InChI is InChI=1S/C20H22N4O3/c1-23-17-6-5-15(27-2)8-14(17)9-18(23)20(26)24-7-3-4-13(11-24)16-10-19(25)22-12-21-16/h5-6,8-10,12-13H,3-4,7,11H2,1-2H3,(H,21,22,25)/t13-/m1/s1. The first-order valence-electron chi connectivity index (χ1n) is 9.04. The molecule has 3 heterocycles. The molecule has 7 heteroatoms. The summed E-state index contributed by atoms with van der Waals surface area (Å²) in [6.07, 6.45) is 3.24. The number of H-pyrrole nitrogens is 1. The summed E-state index contributed by atoms with van der Waals surface area (Å²) in [6, 6.07) is 9.23. The minimum Gasteiger partial charge on any atom is -0.497 e. The molecule has 0 bridgehead atoms. The van der Waals surface area contributed by atoms with Crippen LogP contribution >= 0.6 is 0 Å². The SMILES string of the molecule is COc1ccc2c(c1)cc(C(=O)N1CCC[C@@H](c3cc(=O)[nH]cn3)C1)n2C. The van der Waals surface area contributed by atoms with E-state index in [9.17, 15) is 9.59 Å². The molecule has 1 aromatic carbocycles. The third-order valence-electron chi connectivity index (χ3n) is 5.30. The second-order valence-corrected chi connectivity index (χ2v) is 6.94. The van der Waals surface area contributed by atoms with Gasteiger partial charge in [-0.1, -0.05) is 0 Å². The summed E-state index contributed by atoms with van der Waals surface area (Å²) in [7, 11) is 3.54. The number of likely N-dealkylation sites (tertiary alicyclic amines) is 1. The van der Waals surface area contributed by atoms with Crippen LogP contribution in [0.15, 0.2) is 41.5 Å². The lowest BCUT2D eigenvalue weighted by Gasteiger charge is -2.32. The maximum Gasteiger partial charge on any atom is 0.270 e. The van der Waals surface area contributed by atoms with Crippen molar-refractivity contribution in [3.63, 3.8) is 0 Å². The number of piperidine rings is 1. The Morgan fingerprint density at radius 1 is 1.30 bits per heavy atom. The summed E-state index contributed by atoms with van der Waals surface area (Å²) in [5.74, 6) is 0.854. The predicted octanol–water partition coefficient (Wildman–Crippen LogP) is 2.29. The summed E-state index contributed by atoms with van der Waals surface area (Å²) >= 11 is 0. The molecule has 1 fully saturated rings. The molecule has 0 unspecified atom stereocenters. The number of aryl methyl sites for hydroxylation is 1. The van der Waals surface area contributed by atoms with Crippen LogP contribution in [0.2, 0.25) is 0 Å². The van der Waals surface area contributed by atoms with E-state index in [2.05, 4.69) is 9.97 Å². The van der Waals surface area contributed by atoms with Crippen LogP contribution in [-0.2, 0) is 7.05 Å². The van der Waals surface area contributed by atoms with Gasteiger partial charge in [-0.15, -0.1) is 0 Å². The van der Waals surface area contributed by atoms with Crippen molar-refractivity contribution in [3.8, 4) is 5.75 Å². The van der Waals surface area contributed by atoms with Crippen molar-refractivity contribution in [2.45, 2.75) is 18.8 Å². The van der Waals surface area contributed by atoms with E-state index < -0.39 is 0 Å². The highest BCUT2D eigenvalue weighted by Gasteiger charge is 2.28. The summed E-state index contributed by atoms with van der Waals surface area (Å²) in [5.41, 5.74) is 2.23. The van der Waals surface area contributed by atoms with Crippen molar-refractivity contribution in [1.82, 2.24) is 19.4 Å². The number of methoxy groups -OCH3 is 1. The van der Waals surface area contributed by atoms with Gasteiger partial charge in [-0.25, -0.2) is 4.98 Å². The number of nitrogens with zero attached hydrogens (tertiary/aromatic N) is 3. The van der Waals surface area contributed by atoms with Crippen LogP contribution in [-0.4, -0.2) is 45.5 Å². The Morgan fingerprint density at radius 3 is 2.93 bits per heavy atom. The van der Waals surface area contributed by atoms with Crippen LogP contribution in [0.3, 0.4) is 0 Å². The van der Waals surface area contributed by atoms with Gasteiger partial charge < -0.3 is 19.2 Å². The Hall–Kier alpha value is -3.09. The molecule has 0 spiro atoms. The lowest BCUT2D eigenvalue weighted by molar-refractivity contribution is 0.0696. The Labute approximate surface area is 156 Å². The summed E-state index contributed by atoms with van der Waals surface area (Å²) < 4.78 is 7.20. The summed E-state index contributed by atoms with van der Waals surface area (Å²) in [5, 5.41) is 0.977. The molecule has 1 aliphatic heterocycles. The van der Waals surface area contributed by atoms with Crippen LogP contribution in [0.1, 0.15) is 34.9 Å². The number of carbonyl (C=O) groups excluding carboxylic acids is 1. The second kappa shape index (κ2) is 6.90. The van der Waals surface area contributed by atoms with Crippen LogP contribution in [0.25, 0.3) is 10.9 Å². The van der Waals surface area contributed by atoms with Gasteiger partial charge in [0.1, 0.15) is 11.4 Å². The van der Waals surface area contributed by atoms with E-state index in [1.807, 2.05) is 40.8 Å². The predicted molar refractivity (Wildman–Crippen MR) is 102 cm³/mol. The maximum atomic E-state index is 13.2. The van der Waals surface area contributed by atoms with Gasteiger partial charge in [-0.3, -0.25) is 9.59 Å². The number of rotatable bonds is 3. The topological polar surface area (TPSA) is 80.2 Å². The summed E-state index contributed by atoms with van der Waals surface area (Å²) in [6.45, 7) is 1.28. The number of nitrogens with one attached hydrogen (secondary N) is 1. The highest BCUT2D eigenvalue weighted by Crippen LogP contribution is 2.28. The smallest absolute Gasteiger partial charge is 0.270 e. The van der Waals surface area contributed by atoms with Gasteiger partial charge >= 0.3 is 0 Å². The number of aromatic amines is 1. The minimum absolute atomic E-state index is 0.00204. The number of hydrogen-bond acceptors (Lipinski definition) is 4. The molecular weight excluding hydrogens is 344 g/mol. The van der Waals surface area contributed by atoms with E-state index in [1.165, 1.54) is 12.4 Å². The number of hydrogen-bond donors (Lipinski definition) is 1. The minimum atomic E-state index is -0.161. The molecule has 3 aromatic rings. The Kier molecular flexibility index (Phi) is 4.43. The number of ether oxygens (including phenoxy) is 1. The molecule has 0 saturated carbocycles. The average Bonchev–Trinajstić information content (AvgIpc) is 3.03. The number of amides is 1. The molecule has 1 N–H and O–H groups in total. The van der Waals surface area contributed by atoms with Crippen molar-refractivity contribution < 1.29 is 9.53 Å². The van der Waals surface area contributed by atoms with E-state index in [0.717, 1.165) is 35.2 Å². The van der Waals surface area contributed by atoms with Crippen LogP contribution in [0.5, 0.6) is 5.75 Å². The van der Waals surface area contributed by atoms with E-state index in [1.54, 1.807) is 7.11 Å². The van der Waals surface area contributed by atoms with E-state index >= 15 is 0 Å². The van der Waals surface area contributed by atoms with Gasteiger partial charge in [-0.2, -0.15) is 0 Å². The third kappa shape index (κ3) is 3.20. The monoisotopic (exact) mass is 366 g/mol. The molecule has 2 aromatic heterocycles. The van der Waals surface area contributed by atoms with E-state index in [4.69, 9.17) is 4.74 Å². The molecule has 1 aliphatic rings. The number of aromatic nitrogens is 3. The third-order valence-corrected chi connectivity index (χ3v) is 5.30. The summed E-state index contributed by atoms with van der Waals surface area (Å²) in [4.78, 5) is 33.4. The van der Waals surface area contributed by atoms with Gasteiger partial charge in [0.25, 0.3) is 11.5 Å². The van der Waals surface area contributed by atoms with Gasteiger partial charge in [0.15, 0.2) is 0 Å². The molecule has 0 aliphatic carbocycles. The van der Waals surface area contributed by atoms with Gasteiger partial charge in [0.2, 0.25) is 0 Å². The van der Waals surface area contributed by atoms with Crippen molar-refractivity contribution in [1.29, 1.82) is 0 Å². The molecule has 1 atom stereocenters. The largest absolute Gasteiger partial charge is 0.497 e. The molecular formula is C20H22N4O3. The second-order valence-electron chi connectivity index (χ2n) is 6.94. The fraction of sp³-hybridized carbons (Fsp3) is 0.350. The van der Waals surface area contributed by atoms with E-state index in [0.29, 0.717) is 18.8 Å². The van der Waals surface area contributed by atoms with Crippen LogP contribution in [0, 0.1) is 0 Å². The fourth-order valence-electron chi connectivity index (χ4n) is 3.83. The van der Waals surface area contributed by atoms with Crippen LogP contribution < -0.4 is 10.3 Å². The number of carbonyl (C=O) groups is 1. The molecule has 1 amide bonds. The fourth-order valence-corrected chi connectivity index (χ4v) is 3.83. The molecule has 4 rings (SSSR count). The Morgan fingerprint density at radius 2 is 2.15 bits per heavy atom. The highest BCUT2D eigenvalue weighted by molar-refractivity contribution is 5.99. The first-order valence-corrected chi connectivity index (χ1v) is 9.04. The maximum absolute atomic E-state index is 13.2. The average molecular weight is 366 g/mol. The first-order chi connectivity index (χ1) is 13.1. The zero-order valence-corrected chi connectivity index (χ0v) is 15.4. The lowest BCUT2D eigenvalue weighted by atomic mass is 9.94. The normalized spacial score (nSPS) is 17.3. The van der Waals surface area contributed by atoms with Crippen molar-refractivity contribution in [3.05, 3.63) is 58.4 Å². The lowest BCUT2D eigenvalue weighted by Crippen LogP contribution is -2.40. The van der Waals surface area contributed by atoms with Crippen LogP contribution in [0.4, 0.5) is 0 Å². The van der Waals surface area contributed by atoms with Crippen molar-refractivity contribution >= 4 is 16.8 Å². The number of benzene rings is 1. The quantitative estimate of drug-likeness (QED) is 0.771. The number of fused-ring (bicyclic) bond motifs is 1. The molecule has 0 radical (unpaired) electrons. The molecule has 1 saturated heterocycles. The van der Waals surface area contributed by atoms with Gasteiger partial charge in [0, 0.05) is 43.0 Å². The molecule has 140 valence electrons. The van der Waals surface area contributed by atoms with Gasteiger partial charge in [0.05, 0.1) is 19.1 Å². The zero-order chi connectivity index (χ0) is 19.0. The molecule has 7 nitrogen and oxygen atoms in total. The Balaban J connectivity index is 1.61. The Bertz CT molecular complexity index is 1050. The zero-order valence-electron chi connectivity index (χ0n) is 15.4. The highest BCUT2D eigenvalue weighted by atomic mass is 16.5. The first kappa shape index (κ1) is 17.3. The van der Waals surface area contributed by atoms with Crippen molar-refractivity contribution in [2.24, 2.45) is 7.05 Å². The van der Waals surface area contributed by atoms with Crippen molar-refractivity contribution in [2.75, 3.05) is 20.2 Å². The molecule has 27 heavy (non-hydrogen) atoms. The van der Waals surface area contributed by atoms with Gasteiger partial charge in [-0.05, 0) is 37.1 Å². The van der Waals surface area contributed by atoms with E-state index in [-0.39, 0.29) is 17.4 Å².